The van der Waals surface area contributed by atoms with Gasteiger partial charge in [-0.3, -0.25) is 9.59 Å². The van der Waals surface area contributed by atoms with Crippen molar-refractivity contribution in [3.63, 3.8) is 0 Å². The molecule has 38 heavy (non-hydrogen) atoms. The number of nitrogens with zero attached hydrogens (tertiary/aromatic N) is 2. The topological polar surface area (TPSA) is 122 Å². The number of aliphatic hydroxyl groups excluding tert-OH is 1. The third-order valence-corrected chi connectivity index (χ3v) is 6.30. The number of esters is 1. The minimum absolute atomic E-state index is 0.0237. The van der Waals surface area contributed by atoms with Crippen LogP contribution in [0.1, 0.15) is 56.9 Å². The van der Waals surface area contributed by atoms with Crippen LogP contribution in [0.15, 0.2) is 58.4 Å². The van der Waals surface area contributed by atoms with Crippen molar-refractivity contribution in [2.45, 2.75) is 65.3 Å². The third kappa shape index (κ3) is 7.98. The van der Waals surface area contributed by atoms with Gasteiger partial charge in [0.1, 0.15) is 24.2 Å². The van der Waals surface area contributed by atoms with Gasteiger partial charge >= 0.3 is 5.97 Å². The lowest BCUT2D eigenvalue weighted by Gasteiger charge is -2.27. The maximum Gasteiger partial charge on any atom is 0.355 e. The minimum Gasteiger partial charge on any atom is -0.457 e. The normalized spacial score (nSPS) is 29.6. The van der Waals surface area contributed by atoms with Crippen molar-refractivity contribution in [3.05, 3.63) is 65.6 Å². The quantitative estimate of drug-likeness (QED) is 0.535. The Balaban J connectivity index is 1.86. The molecular formula is C28H36FN3O6. The van der Waals surface area contributed by atoms with Crippen molar-refractivity contribution < 1.29 is 33.0 Å². The Hall–Kier alpha value is -3.53. The molecule has 4 atom stereocenters. The van der Waals surface area contributed by atoms with Gasteiger partial charge in [0.15, 0.2) is 11.6 Å². The van der Waals surface area contributed by atoms with Crippen molar-refractivity contribution in [2.75, 3.05) is 13.1 Å². The van der Waals surface area contributed by atoms with Crippen LogP contribution in [0.3, 0.4) is 0 Å². The van der Waals surface area contributed by atoms with E-state index in [1.54, 1.807) is 31.2 Å². The lowest BCUT2D eigenvalue weighted by Crippen LogP contribution is -2.36. The molecule has 0 aromatic carbocycles. The molecule has 0 spiro atoms. The first-order valence-corrected chi connectivity index (χ1v) is 12.9. The number of oxazole rings is 1. The molecule has 2 aliphatic rings. The van der Waals surface area contributed by atoms with Crippen LogP contribution < -0.4 is 5.32 Å². The smallest absolute Gasteiger partial charge is 0.355 e. The molecule has 0 radical (unpaired) electrons. The van der Waals surface area contributed by atoms with E-state index < -0.39 is 30.3 Å². The molecule has 2 amide bonds. The van der Waals surface area contributed by atoms with Crippen LogP contribution in [0, 0.1) is 11.8 Å². The molecule has 0 saturated carbocycles. The predicted molar refractivity (Wildman–Crippen MR) is 138 cm³/mol. The van der Waals surface area contributed by atoms with Crippen LogP contribution in [0.4, 0.5) is 4.39 Å². The molecule has 0 saturated heterocycles. The number of alkyl halides is 1. The largest absolute Gasteiger partial charge is 0.457 e. The molecular weight excluding hydrogens is 493 g/mol. The van der Waals surface area contributed by atoms with Crippen LogP contribution >= 0.6 is 0 Å². The number of carbonyl (C=O) groups is 3. The number of aromatic nitrogens is 1. The highest BCUT2D eigenvalue weighted by Gasteiger charge is 2.33. The summed E-state index contributed by atoms with van der Waals surface area (Å²) in [6.45, 7) is 7.96. The highest BCUT2D eigenvalue weighted by Crippen LogP contribution is 2.25. The van der Waals surface area contributed by atoms with Gasteiger partial charge in [0, 0.05) is 25.4 Å². The molecule has 3 rings (SSSR count). The molecule has 3 heterocycles. The van der Waals surface area contributed by atoms with Crippen molar-refractivity contribution in [1.29, 1.82) is 0 Å². The minimum atomic E-state index is -1.46. The number of amides is 2. The summed E-state index contributed by atoms with van der Waals surface area (Å²) in [5.41, 5.74) is 0.773. The van der Waals surface area contributed by atoms with E-state index in [9.17, 15) is 23.9 Å². The average Bonchev–Trinajstić information content (AvgIpc) is 3.52. The van der Waals surface area contributed by atoms with Gasteiger partial charge in [-0.25, -0.2) is 14.2 Å². The zero-order valence-electron chi connectivity index (χ0n) is 22.2. The van der Waals surface area contributed by atoms with E-state index >= 15 is 0 Å². The number of nitrogens with one attached hydrogen (secondary N) is 1. The van der Waals surface area contributed by atoms with Gasteiger partial charge < -0.3 is 24.5 Å². The summed E-state index contributed by atoms with van der Waals surface area (Å²) < 4.78 is 25.7. The Kier molecular flexibility index (Phi) is 10.2. The van der Waals surface area contributed by atoms with Crippen LogP contribution in [-0.4, -0.2) is 64.2 Å². The number of hydrogen-bond donors (Lipinski definition) is 2. The predicted octanol–water partition coefficient (Wildman–Crippen LogP) is 3.43. The molecule has 1 unspecified atom stereocenters. The molecule has 2 N–H and O–H groups in total. The maximum absolute atomic E-state index is 14.6. The number of allylic oxidation sites excluding steroid dienone is 2. The fraction of sp³-hybridized carbons (Fsp3) is 0.500. The van der Waals surface area contributed by atoms with Gasteiger partial charge in [0.2, 0.25) is 5.91 Å². The first kappa shape index (κ1) is 29.0. The Labute approximate surface area is 222 Å². The van der Waals surface area contributed by atoms with E-state index in [-0.39, 0.29) is 61.0 Å². The molecule has 0 fully saturated rings. The number of halogens is 1. The summed E-state index contributed by atoms with van der Waals surface area (Å²) in [4.78, 5) is 43.9. The maximum atomic E-state index is 14.6. The van der Waals surface area contributed by atoms with Gasteiger partial charge in [-0.15, -0.1) is 0 Å². The van der Waals surface area contributed by atoms with Gasteiger partial charge in [-0.1, -0.05) is 56.7 Å². The van der Waals surface area contributed by atoms with E-state index in [2.05, 4.69) is 10.3 Å². The Morgan fingerprint density at radius 1 is 1.24 bits per heavy atom. The van der Waals surface area contributed by atoms with E-state index in [0.29, 0.717) is 12.0 Å². The van der Waals surface area contributed by atoms with Crippen molar-refractivity contribution in [1.82, 2.24) is 15.2 Å². The summed E-state index contributed by atoms with van der Waals surface area (Å²) in [7, 11) is 0. The summed E-state index contributed by atoms with van der Waals surface area (Å²) in [6.07, 6.45) is 7.87. The number of hydrogen-bond acceptors (Lipinski definition) is 7. The van der Waals surface area contributed by atoms with Crippen LogP contribution in [0.5, 0.6) is 0 Å². The average molecular weight is 530 g/mol. The first-order chi connectivity index (χ1) is 18.0. The molecule has 206 valence electrons. The second-order valence-corrected chi connectivity index (χ2v) is 9.96. The van der Waals surface area contributed by atoms with E-state index in [4.69, 9.17) is 9.15 Å². The number of rotatable bonds is 1. The molecule has 2 aliphatic heterocycles. The highest BCUT2D eigenvalue weighted by atomic mass is 19.1. The van der Waals surface area contributed by atoms with Crippen molar-refractivity contribution in [2.24, 2.45) is 11.8 Å². The van der Waals surface area contributed by atoms with E-state index in [0.717, 1.165) is 6.26 Å². The molecule has 2 bridgehead atoms. The fourth-order valence-corrected chi connectivity index (χ4v) is 4.41. The van der Waals surface area contributed by atoms with Gasteiger partial charge in [-0.2, -0.15) is 0 Å². The summed E-state index contributed by atoms with van der Waals surface area (Å²) >= 11 is 0. The summed E-state index contributed by atoms with van der Waals surface area (Å²) in [5, 5.41) is 13.0. The number of carbonyl (C=O) groups excluding carboxylic acids is 3. The fourth-order valence-electron chi connectivity index (χ4n) is 4.41. The summed E-state index contributed by atoms with van der Waals surface area (Å²) in [6, 6.07) is 0. The molecule has 1 aromatic heterocycles. The van der Waals surface area contributed by atoms with E-state index in [1.807, 2.05) is 20.8 Å². The molecule has 9 nitrogen and oxygen atoms in total. The second kappa shape index (κ2) is 13.3. The van der Waals surface area contributed by atoms with Crippen LogP contribution in [0.25, 0.3) is 0 Å². The van der Waals surface area contributed by atoms with Crippen molar-refractivity contribution >= 4 is 17.8 Å². The third-order valence-electron chi connectivity index (χ3n) is 6.30. The van der Waals surface area contributed by atoms with Gasteiger partial charge in [0.25, 0.3) is 5.91 Å². The first-order valence-electron chi connectivity index (χ1n) is 12.9. The summed E-state index contributed by atoms with van der Waals surface area (Å²) in [5.74, 6) is -1.81. The van der Waals surface area contributed by atoms with Gasteiger partial charge in [-0.05, 0) is 25.3 Å². The molecule has 0 aliphatic carbocycles. The zero-order valence-corrected chi connectivity index (χ0v) is 22.2. The number of aliphatic hydroxyl groups is 1. The highest BCUT2D eigenvalue weighted by molar-refractivity contribution is 6.00. The second-order valence-electron chi connectivity index (χ2n) is 9.96. The van der Waals surface area contributed by atoms with Crippen molar-refractivity contribution in [3.8, 4) is 0 Å². The van der Waals surface area contributed by atoms with Crippen LogP contribution in [0.2, 0.25) is 0 Å². The monoisotopic (exact) mass is 529 g/mol. The van der Waals surface area contributed by atoms with E-state index in [1.165, 1.54) is 17.1 Å². The lowest BCUT2D eigenvalue weighted by atomic mass is 9.94. The SMILES string of the molecule is CC1=C\[C@@H](O)C[C@@H](F)Cc2nc(co2)C(=O)N2CCC=C2C(=O)OC(C(C)C)[C@H](C)/C=C/C(=O)NC\C=C\1. The molecule has 10 heteroatoms. The standard InChI is InChI=1S/C28H36FN3O6/c1-17(2)26-19(4)9-10-24(34)30-11-5-7-18(3)13-21(33)14-20(29)15-25-31-22(16-37-25)27(35)32-12-6-8-23(32)28(36)38-26/h5,7-10,13,16-17,19-21,26,33H,6,11-12,14-15H2,1-4H3,(H,30,34)/b7-5+,10-9+,18-13+/t19-,20-,21-,26?/m1/s1. The number of fused-ring (bicyclic) bond motifs is 3. The van der Waals surface area contributed by atoms with Gasteiger partial charge in [0.05, 0.1) is 12.5 Å². The number of cyclic esters (lactones) is 1. The molecule has 1 aromatic rings. The Bertz CT molecular complexity index is 1140. The lowest BCUT2D eigenvalue weighted by molar-refractivity contribution is -0.149. The zero-order chi connectivity index (χ0) is 27.8. The Morgan fingerprint density at radius 2 is 2.00 bits per heavy atom. The van der Waals surface area contributed by atoms with Crippen LogP contribution in [-0.2, 0) is 20.7 Å². The Morgan fingerprint density at radius 3 is 2.74 bits per heavy atom. The number of ether oxygens (including phenoxy) is 1.